The first-order chi connectivity index (χ1) is 18.8. The summed E-state index contributed by atoms with van der Waals surface area (Å²) in [5.41, 5.74) is -1.49. The van der Waals surface area contributed by atoms with Crippen LogP contribution in [0.4, 0.5) is 0 Å². The molecule has 1 heterocycles. The van der Waals surface area contributed by atoms with Crippen LogP contribution in [-0.2, 0) is 42.9 Å². The van der Waals surface area contributed by atoms with Gasteiger partial charge in [-0.1, -0.05) is 19.9 Å². The number of fused-ring (bicyclic) bond motifs is 3. The highest BCUT2D eigenvalue weighted by molar-refractivity contribution is 6.03. The van der Waals surface area contributed by atoms with Gasteiger partial charge in [-0.05, 0) is 47.8 Å². The number of benzene rings is 1. The summed E-state index contributed by atoms with van der Waals surface area (Å²) in [5, 5.41) is 0. The number of esters is 5. The summed E-state index contributed by atoms with van der Waals surface area (Å²) < 4.78 is 25.9. The number of carbonyl (C=O) groups is 6. The van der Waals surface area contributed by atoms with Crippen molar-refractivity contribution in [3.05, 3.63) is 34.9 Å². The fourth-order valence-electron chi connectivity index (χ4n) is 7.33. The number of hydrogen-bond donors (Lipinski definition) is 0. The largest absolute Gasteiger partial charge is 0.469 e. The van der Waals surface area contributed by atoms with Gasteiger partial charge < -0.3 is 23.7 Å². The molecule has 0 aromatic heterocycles. The van der Waals surface area contributed by atoms with Crippen molar-refractivity contribution in [3.8, 4) is 0 Å². The van der Waals surface area contributed by atoms with Crippen LogP contribution in [-0.4, -0.2) is 63.1 Å². The Morgan fingerprint density at radius 2 is 1.57 bits per heavy atom. The predicted molar refractivity (Wildman–Crippen MR) is 136 cm³/mol. The van der Waals surface area contributed by atoms with Gasteiger partial charge in [0.1, 0.15) is 6.10 Å². The molecule has 11 heteroatoms. The molecule has 216 valence electrons. The smallest absolute Gasteiger partial charge is 0.338 e. The summed E-state index contributed by atoms with van der Waals surface area (Å²) in [4.78, 5) is 77.1. The lowest BCUT2D eigenvalue weighted by Crippen LogP contribution is -2.64. The molecule has 2 aliphatic carbocycles. The van der Waals surface area contributed by atoms with Crippen molar-refractivity contribution in [2.24, 2.45) is 28.6 Å². The van der Waals surface area contributed by atoms with E-state index in [1.807, 2.05) is 13.8 Å². The lowest BCUT2D eigenvalue weighted by atomic mass is 9.43. The van der Waals surface area contributed by atoms with Crippen LogP contribution in [0.1, 0.15) is 78.8 Å². The first-order valence-electron chi connectivity index (χ1n) is 13.1. The zero-order chi connectivity index (χ0) is 29.6. The number of rotatable bonds is 5. The summed E-state index contributed by atoms with van der Waals surface area (Å²) in [6.07, 6.45) is -1.04. The van der Waals surface area contributed by atoms with Crippen molar-refractivity contribution in [1.29, 1.82) is 0 Å². The zero-order valence-electron chi connectivity index (χ0n) is 23.4. The molecule has 3 aliphatic rings. The molecule has 0 radical (unpaired) electrons. The van der Waals surface area contributed by atoms with Crippen LogP contribution in [0.2, 0.25) is 0 Å². The van der Waals surface area contributed by atoms with E-state index in [1.54, 1.807) is 6.07 Å². The van der Waals surface area contributed by atoms with Gasteiger partial charge in [0.2, 0.25) is 0 Å². The topological polar surface area (TPSA) is 149 Å². The van der Waals surface area contributed by atoms with E-state index in [0.717, 1.165) is 0 Å². The van der Waals surface area contributed by atoms with Crippen molar-refractivity contribution in [2.45, 2.75) is 58.7 Å². The average molecular weight is 559 g/mol. The van der Waals surface area contributed by atoms with Crippen LogP contribution in [0.3, 0.4) is 0 Å². The van der Waals surface area contributed by atoms with Gasteiger partial charge in [-0.3, -0.25) is 19.2 Å². The van der Waals surface area contributed by atoms with Crippen molar-refractivity contribution < 1.29 is 52.5 Å². The molecular formula is C29H34O11. The van der Waals surface area contributed by atoms with Crippen LogP contribution in [0, 0.1) is 28.6 Å². The molecule has 1 aliphatic heterocycles. The second-order valence-corrected chi connectivity index (χ2v) is 11.3. The molecule has 4 rings (SSSR count). The van der Waals surface area contributed by atoms with Crippen LogP contribution in [0.25, 0.3) is 0 Å². The molecule has 1 saturated heterocycles. The first-order valence-corrected chi connectivity index (χ1v) is 13.1. The molecule has 0 N–H and O–H groups in total. The monoisotopic (exact) mass is 558 g/mol. The minimum Gasteiger partial charge on any atom is -0.469 e. The maximum absolute atomic E-state index is 14.0. The fourth-order valence-corrected chi connectivity index (χ4v) is 7.33. The Morgan fingerprint density at radius 3 is 2.17 bits per heavy atom. The molecule has 1 aromatic carbocycles. The van der Waals surface area contributed by atoms with Gasteiger partial charge in [-0.15, -0.1) is 0 Å². The number of ether oxygens (including phenoxy) is 5. The van der Waals surface area contributed by atoms with E-state index >= 15 is 0 Å². The van der Waals surface area contributed by atoms with Crippen LogP contribution in [0.5, 0.6) is 0 Å². The van der Waals surface area contributed by atoms with Crippen LogP contribution in [0.15, 0.2) is 18.2 Å². The number of ketones is 1. The molecular weight excluding hydrogens is 524 g/mol. The normalized spacial score (nSPS) is 33.0. The van der Waals surface area contributed by atoms with E-state index in [4.69, 9.17) is 23.7 Å². The molecule has 0 bridgehead atoms. The molecule has 7 atom stereocenters. The average Bonchev–Trinajstić information content (AvgIpc) is 2.91. The molecule has 0 unspecified atom stereocenters. The molecule has 11 nitrogen and oxygen atoms in total. The zero-order valence-corrected chi connectivity index (χ0v) is 23.4. The highest BCUT2D eigenvalue weighted by atomic mass is 16.6. The van der Waals surface area contributed by atoms with Crippen molar-refractivity contribution in [1.82, 2.24) is 0 Å². The number of carbonyl (C=O) groups excluding carboxylic acids is 6. The Hall–Kier alpha value is -3.76. The fraction of sp³-hybridized carbons (Fsp3) is 0.586. The van der Waals surface area contributed by atoms with Gasteiger partial charge in [-0.2, -0.15) is 0 Å². The second kappa shape index (κ2) is 10.7. The molecule has 0 spiro atoms. The Bertz CT molecular complexity index is 1270. The summed E-state index contributed by atoms with van der Waals surface area (Å²) in [5.74, 6) is -5.71. The number of methoxy groups -OCH3 is 3. The van der Waals surface area contributed by atoms with Crippen LogP contribution < -0.4 is 0 Å². The van der Waals surface area contributed by atoms with Gasteiger partial charge in [-0.25, -0.2) is 9.59 Å². The third-order valence-corrected chi connectivity index (χ3v) is 9.12. The summed E-state index contributed by atoms with van der Waals surface area (Å²) in [7, 11) is 3.64. The maximum atomic E-state index is 14.0. The maximum Gasteiger partial charge on any atom is 0.338 e. The standard InChI is InChI=1S/C29H34O11/c1-14(30)39-20-12-19(26(34)38-6)28(2)10-9-18-27(35)40-21(13-29(18,3)23(28)22(20)31)15-7-8-16(24(32)36-4)17(11-15)25(33)37-5/h7-8,11,18-21,23H,9-10,12-13H2,1-6H3/t18-,19-,20-,21-,23-,28-,29-/m0/s1. The Labute approximate surface area is 231 Å². The summed E-state index contributed by atoms with van der Waals surface area (Å²) >= 11 is 0. The van der Waals surface area contributed by atoms with Crippen molar-refractivity contribution in [3.63, 3.8) is 0 Å². The van der Waals surface area contributed by atoms with E-state index < -0.39 is 70.6 Å². The predicted octanol–water partition coefficient (Wildman–Crippen LogP) is 2.98. The highest BCUT2D eigenvalue weighted by Crippen LogP contribution is 2.65. The molecule has 3 fully saturated rings. The Morgan fingerprint density at radius 1 is 0.925 bits per heavy atom. The van der Waals surface area contributed by atoms with E-state index in [-0.39, 0.29) is 29.8 Å². The Kier molecular flexibility index (Phi) is 7.79. The lowest BCUT2D eigenvalue weighted by Gasteiger charge is -2.61. The van der Waals surface area contributed by atoms with Crippen LogP contribution >= 0.6 is 0 Å². The van der Waals surface area contributed by atoms with Gasteiger partial charge in [0, 0.05) is 19.3 Å². The minimum absolute atomic E-state index is 0.00415. The van der Waals surface area contributed by atoms with E-state index in [2.05, 4.69) is 0 Å². The second-order valence-electron chi connectivity index (χ2n) is 11.3. The minimum atomic E-state index is -1.16. The van der Waals surface area contributed by atoms with Gasteiger partial charge >= 0.3 is 29.8 Å². The van der Waals surface area contributed by atoms with Crippen molar-refractivity contribution >= 4 is 35.6 Å². The van der Waals surface area contributed by atoms with Gasteiger partial charge in [0.15, 0.2) is 11.9 Å². The summed E-state index contributed by atoms with van der Waals surface area (Å²) in [6, 6.07) is 4.38. The third kappa shape index (κ3) is 4.65. The Balaban J connectivity index is 1.80. The highest BCUT2D eigenvalue weighted by Gasteiger charge is 2.67. The van der Waals surface area contributed by atoms with E-state index in [9.17, 15) is 28.8 Å². The molecule has 0 amide bonds. The van der Waals surface area contributed by atoms with Crippen molar-refractivity contribution in [2.75, 3.05) is 21.3 Å². The van der Waals surface area contributed by atoms with E-state index in [1.165, 1.54) is 40.4 Å². The molecule has 2 saturated carbocycles. The molecule has 1 aromatic rings. The lowest BCUT2D eigenvalue weighted by molar-refractivity contribution is -0.210. The van der Waals surface area contributed by atoms with E-state index in [0.29, 0.717) is 18.4 Å². The molecule has 40 heavy (non-hydrogen) atoms. The SMILES string of the molecule is COC(=O)c1ccc([C@@H]2C[C@]3(C)[C@H]4C(=O)[C@@H](OC(C)=O)C[C@@H](C(=O)OC)[C@]4(C)CC[C@H]3C(=O)O2)cc1C(=O)OC. The summed E-state index contributed by atoms with van der Waals surface area (Å²) in [6.45, 7) is 4.89. The quantitative estimate of drug-likeness (QED) is 0.388. The van der Waals surface area contributed by atoms with Gasteiger partial charge in [0.05, 0.1) is 44.3 Å². The third-order valence-electron chi connectivity index (χ3n) is 9.12. The van der Waals surface area contributed by atoms with Gasteiger partial charge in [0.25, 0.3) is 0 Å². The number of Topliss-reactive ketones (excluding diaryl/α,β-unsaturated/α-hetero) is 1. The number of cyclic esters (lactones) is 1. The number of hydrogen-bond acceptors (Lipinski definition) is 11. The first kappa shape index (κ1) is 29.2.